The molecule has 2 heteroatoms. The summed E-state index contributed by atoms with van der Waals surface area (Å²) < 4.78 is 2.82. The van der Waals surface area contributed by atoms with Gasteiger partial charge in [0.05, 0.1) is 0 Å². The Bertz CT molecular complexity index is 406. The van der Waals surface area contributed by atoms with Crippen LogP contribution in [0.4, 0.5) is 0 Å². The third-order valence-electron chi connectivity index (χ3n) is 2.21. The Balaban J connectivity index is 2.61. The second-order valence-corrected chi connectivity index (χ2v) is 5.78. The molecule has 2 unspecified atom stereocenters. The molecule has 0 spiro atoms. The molecule has 0 saturated heterocycles. The standard InChI is InChI=1S/C12H12As2/c13-11-7-3-1-5-9(11)10-6-2-4-8-12(10)14/h1-8H,13-14H2. The van der Waals surface area contributed by atoms with Crippen molar-refractivity contribution in [2.45, 2.75) is 0 Å². The first-order valence-corrected chi connectivity index (χ1v) is 6.90. The van der Waals surface area contributed by atoms with Gasteiger partial charge in [0.25, 0.3) is 0 Å². The summed E-state index contributed by atoms with van der Waals surface area (Å²) in [7, 11) is 0. The number of rotatable bonds is 1. The zero-order valence-electron chi connectivity index (χ0n) is 7.77. The average molecular weight is 306 g/mol. The molecule has 0 heterocycles. The van der Waals surface area contributed by atoms with E-state index in [1.165, 1.54) is 19.8 Å². The van der Waals surface area contributed by atoms with Gasteiger partial charge in [-0.25, -0.2) is 0 Å². The van der Waals surface area contributed by atoms with Crippen LogP contribution in [0.3, 0.4) is 0 Å². The minimum atomic E-state index is 1.38. The third-order valence-corrected chi connectivity index (χ3v) is 4.32. The van der Waals surface area contributed by atoms with Gasteiger partial charge < -0.3 is 0 Å². The Morgan fingerprint density at radius 2 is 0.929 bits per heavy atom. The molecule has 0 aliphatic heterocycles. The quantitative estimate of drug-likeness (QED) is 0.644. The van der Waals surface area contributed by atoms with Crippen LogP contribution < -0.4 is 8.70 Å². The molecule has 0 bridgehead atoms. The predicted molar refractivity (Wildman–Crippen MR) is 68.2 cm³/mol. The molecule has 0 aromatic heterocycles. The molecule has 14 heavy (non-hydrogen) atoms. The van der Waals surface area contributed by atoms with E-state index in [2.05, 4.69) is 48.5 Å². The van der Waals surface area contributed by atoms with Crippen LogP contribution in [-0.4, -0.2) is 33.7 Å². The second-order valence-electron chi connectivity index (χ2n) is 3.17. The first-order chi connectivity index (χ1) is 6.79. The van der Waals surface area contributed by atoms with Gasteiger partial charge in [-0.15, -0.1) is 0 Å². The van der Waals surface area contributed by atoms with Crippen LogP contribution in [0.15, 0.2) is 48.5 Å². The molecule has 0 N–H and O–H groups in total. The maximum atomic E-state index is 2.20. The van der Waals surface area contributed by atoms with Crippen LogP contribution in [0.1, 0.15) is 0 Å². The Morgan fingerprint density at radius 3 is 1.29 bits per heavy atom. The van der Waals surface area contributed by atoms with Gasteiger partial charge in [0.2, 0.25) is 0 Å². The van der Waals surface area contributed by atoms with Gasteiger partial charge in [0, 0.05) is 0 Å². The molecule has 70 valence electrons. The molecule has 2 atom stereocenters. The van der Waals surface area contributed by atoms with E-state index in [9.17, 15) is 0 Å². The average Bonchev–Trinajstić information content (AvgIpc) is 2.20. The molecule has 0 radical (unpaired) electrons. The van der Waals surface area contributed by atoms with E-state index in [0.717, 1.165) is 0 Å². The summed E-state index contributed by atoms with van der Waals surface area (Å²) >= 11 is 3.38. The molecule has 2 aromatic rings. The predicted octanol–water partition coefficient (Wildman–Crippen LogP) is -0.130. The van der Waals surface area contributed by atoms with Gasteiger partial charge in [0.15, 0.2) is 0 Å². The number of hydrogen-bond donors (Lipinski definition) is 0. The number of hydrogen-bond acceptors (Lipinski definition) is 0. The van der Waals surface area contributed by atoms with Gasteiger partial charge in [-0.05, 0) is 0 Å². The molecule has 0 amide bonds. The second kappa shape index (κ2) is 4.38. The van der Waals surface area contributed by atoms with Crippen LogP contribution in [-0.2, 0) is 0 Å². The molecule has 0 aliphatic carbocycles. The first-order valence-electron chi connectivity index (χ1n) is 4.48. The Hall–Kier alpha value is -0.443. The van der Waals surface area contributed by atoms with Crippen LogP contribution in [0.25, 0.3) is 11.1 Å². The summed E-state index contributed by atoms with van der Waals surface area (Å²) in [6, 6.07) is 17.2. The van der Waals surface area contributed by atoms with Gasteiger partial charge in [-0.1, -0.05) is 0 Å². The van der Waals surface area contributed by atoms with Crippen LogP contribution in [0.5, 0.6) is 0 Å². The molecule has 0 fully saturated rings. The summed E-state index contributed by atoms with van der Waals surface area (Å²) in [6.45, 7) is 0. The van der Waals surface area contributed by atoms with E-state index >= 15 is 0 Å². The monoisotopic (exact) mass is 306 g/mol. The third kappa shape index (κ3) is 1.97. The molecular formula is C12H12As2. The van der Waals surface area contributed by atoms with Gasteiger partial charge in [0.1, 0.15) is 0 Å². The van der Waals surface area contributed by atoms with Crippen molar-refractivity contribution in [1.82, 2.24) is 0 Å². The number of benzene rings is 2. The Labute approximate surface area is 102 Å². The minimum absolute atomic E-state index is 1.38. The summed E-state index contributed by atoms with van der Waals surface area (Å²) in [5, 5.41) is 0. The summed E-state index contributed by atoms with van der Waals surface area (Å²) in [5.74, 6) is 0. The van der Waals surface area contributed by atoms with Crippen molar-refractivity contribution in [3.05, 3.63) is 48.5 Å². The SMILES string of the molecule is [AsH2]c1ccccc1-c1ccccc1[AsH2]. The van der Waals surface area contributed by atoms with Crippen LogP contribution in [0.2, 0.25) is 0 Å². The van der Waals surface area contributed by atoms with Crippen molar-refractivity contribution >= 4 is 42.4 Å². The van der Waals surface area contributed by atoms with E-state index in [1.54, 1.807) is 33.7 Å². The molecule has 0 aliphatic rings. The molecule has 2 rings (SSSR count). The van der Waals surface area contributed by atoms with Crippen molar-refractivity contribution in [2.75, 3.05) is 0 Å². The molecule has 0 nitrogen and oxygen atoms in total. The topological polar surface area (TPSA) is 0 Å². The summed E-state index contributed by atoms with van der Waals surface area (Å²) in [6.07, 6.45) is 0. The zero-order valence-corrected chi connectivity index (χ0v) is 12.6. The van der Waals surface area contributed by atoms with E-state index in [1.807, 2.05) is 0 Å². The fraction of sp³-hybridized carbons (Fsp3) is 0. The zero-order chi connectivity index (χ0) is 9.97. The molecule has 2 aromatic carbocycles. The Morgan fingerprint density at radius 1 is 0.571 bits per heavy atom. The Kier molecular flexibility index (Phi) is 3.16. The summed E-state index contributed by atoms with van der Waals surface area (Å²) in [4.78, 5) is 0. The fourth-order valence-electron chi connectivity index (χ4n) is 1.48. The van der Waals surface area contributed by atoms with E-state index in [4.69, 9.17) is 0 Å². The van der Waals surface area contributed by atoms with Crippen LogP contribution in [0, 0.1) is 0 Å². The normalized spacial score (nSPS) is 10.1. The molecular weight excluding hydrogens is 294 g/mol. The van der Waals surface area contributed by atoms with E-state index < -0.39 is 0 Å². The van der Waals surface area contributed by atoms with Crippen LogP contribution >= 0.6 is 0 Å². The fourth-order valence-corrected chi connectivity index (χ4v) is 3.01. The van der Waals surface area contributed by atoms with Gasteiger partial charge >= 0.3 is 102 Å². The first kappa shape index (κ1) is 10.1. The van der Waals surface area contributed by atoms with Gasteiger partial charge in [-0.2, -0.15) is 0 Å². The van der Waals surface area contributed by atoms with E-state index in [-0.39, 0.29) is 0 Å². The van der Waals surface area contributed by atoms with Crippen molar-refractivity contribution in [2.24, 2.45) is 0 Å². The molecule has 0 saturated carbocycles. The maximum absolute atomic E-state index is 2.20. The van der Waals surface area contributed by atoms with Gasteiger partial charge in [-0.3, -0.25) is 0 Å². The van der Waals surface area contributed by atoms with Crippen molar-refractivity contribution in [1.29, 1.82) is 0 Å². The summed E-state index contributed by atoms with van der Waals surface area (Å²) in [5.41, 5.74) is 2.76. The van der Waals surface area contributed by atoms with Crippen molar-refractivity contribution in [3.8, 4) is 11.1 Å². The van der Waals surface area contributed by atoms with E-state index in [0.29, 0.717) is 0 Å². The van der Waals surface area contributed by atoms with Crippen molar-refractivity contribution < 1.29 is 0 Å². The van der Waals surface area contributed by atoms with Crippen molar-refractivity contribution in [3.63, 3.8) is 0 Å².